The largest absolute Gasteiger partial charge is 0.394 e. The Morgan fingerprint density at radius 2 is 2.11 bits per heavy atom. The highest BCUT2D eigenvalue weighted by Crippen LogP contribution is 2.32. The molecule has 2 heterocycles. The van der Waals surface area contributed by atoms with Crippen LogP contribution >= 0.6 is 0 Å². The van der Waals surface area contributed by atoms with Crippen LogP contribution in [0.2, 0.25) is 0 Å². The smallest absolute Gasteiger partial charge is 0.224 e. The molecule has 1 fully saturated rings. The van der Waals surface area contributed by atoms with Gasteiger partial charge in [-0.25, -0.2) is 9.07 Å². The molecule has 1 amide bonds. The van der Waals surface area contributed by atoms with E-state index in [1.807, 2.05) is 0 Å². The number of nitrogens with zero attached hydrogens (tertiary/aromatic N) is 4. The lowest BCUT2D eigenvalue weighted by molar-refractivity contribution is -0.241. The highest BCUT2D eigenvalue weighted by Gasteiger charge is 2.48. The summed E-state index contributed by atoms with van der Waals surface area (Å²) in [5.41, 5.74) is 0.830. The Hall–Kier alpha value is -2.40. The van der Waals surface area contributed by atoms with Crippen molar-refractivity contribution in [1.29, 1.82) is 0 Å². The number of carbonyl (C=O) groups excluding carboxylic acids is 1. The van der Waals surface area contributed by atoms with E-state index >= 15 is 0 Å². The van der Waals surface area contributed by atoms with Gasteiger partial charge < -0.3 is 25.0 Å². The molecule has 3 rings (SSSR count). The number of aliphatic hydroxyl groups excluding tert-OH is 3. The number of carbonyl (C=O) groups is 1. The third-order valence-electron chi connectivity index (χ3n) is 4.88. The predicted octanol–water partition coefficient (Wildman–Crippen LogP) is -0.0673. The van der Waals surface area contributed by atoms with Crippen molar-refractivity contribution in [2.75, 3.05) is 13.7 Å². The van der Waals surface area contributed by atoms with Crippen molar-refractivity contribution >= 4 is 5.91 Å². The van der Waals surface area contributed by atoms with Gasteiger partial charge >= 0.3 is 0 Å². The number of ether oxygens (including phenoxy) is 1. The SMILES string of the molecule is CCC(=O)N(C)C1O[C@H](CO)[C@H](O)[C@H](n2cc(-c3cccc(F)c3)nn2)[C@H]1O. The minimum atomic E-state index is -1.33. The van der Waals surface area contributed by atoms with Gasteiger partial charge in [0, 0.05) is 19.0 Å². The molecular formula is C18H23FN4O5. The van der Waals surface area contributed by atoms with Crippen molar-refractivity contribution in [2.45, 2.75) is 43.9 Å². The van der Waals surface area contributed by atoms with Crippen LogP contribution in [0.15, 0.2) is 30.5 Å². The molecular weight excluding hydrogens is 371 g/mol. The predicted molar refractivity (Wildman–Crippen MR) is 95.3 cm³/mol. The van der Waals surface area contributed by atoms with Gasteiger partial charge in [0.1, 0.15) is 35.9 Å². The summed E-state index contributed by atoms with van der Waals surface area (Å²) < 4.78 is 20.3. The van der Waals surface area contributed by atoms with Crippen LogP contribution in [-0.2, 0) is 9.53 Å². The maximum Gasteiger partial charge on any atom is 0.224 e. The van der Waals surface area contributed by atoms with Gasteiger partial charge in [0.05, 0.1) is 12.8 Å². The second-order valence-electron chi connectivity index (χ2n) is 6.67. The number of rotatable bonds is 5. The number of likely N-dealkylation sites (N-methyl/N-ethyl adjacent to an activating group) is 1. The summed E-state index contributed by atoms with van der Waals surface area (Å²) in [4.78, 5) is 13.3. The molecule has 28 heavy (non-hydrogen) atoms. The number of aliphatic hydroxyl groups is 3. The van der Waals surface area contributed by atoms with E-state index in [0.717, 1.165) is 0 Å². The van der Waals surface area contributed by atoms with E-state index in [0.29, 0.717) is 11.3 Å². The zero-order chi connectivity index (χ0) is 20.4. The van der Waals surface area contributed by atoms with Crippen molar-refractivity contribution < 1.29 is 29.2 Å². The number of amides is 1. The van der Waals surface area contributed by atoms with Crippen LogP contribution in [0.1, 0.15) is 19.4 Å². The number of benzene rings is 1. The fourth-order valence-electron chi connectivity index (χ4n) is 3.31. The highest BCUT2D eigenvalue weighted by atomic mass is 19.1. The number of aromatic nitrogens is 3. The Kier molecular flexibility index (Phi) is 6.04. The summed E-state index contributed by atoms with van der Waals surface area (Å²) >= 11 is 0. The molecule has 3 N–H and O–H groups in total. The molecule has 1 unspecified atom stereocenters. The maximum atomic E-state index is 13.5. The van der Waals surface area contributed by atoms with Gasteiger partial charge in [0.2, 0.25) is 5.91 Å². The van der Waals surface area contributed by atoms with Gasteiger partial charge in [0.15, 0.2) is 6.23 Å². The van der Waals surface area contributed by atoms with Gasteiger partial charge in [-0.1, -0.05) is 24.3 Å². The Morgan fingerprint density at radius 3 is 2.75 bits per heavy atom. The van der Waals surface area contributed by atoms with Gasteiger partial charge in [-0.2, -0.15) is 0 Å². The number of hydrogen-bond acceptors (Lipinski definition) is 7. The third kappa shape index (κ3) is 3.76. The minimum absolute atomic E-state index is 0.202. The van der Waals surface area contributed by atoms with Crippen molar-refractivity contribution in [3.63, 3.8) is 0 Å². The van der Waals surface area contributed by atoms with E-state index in [4.69, 9.17) is 4.74 Å². The molecule has 1 saturated heterocycles. The average molecular weight is 394 g/mol. The highest BCUT2D eigenvalue weighted by molar-refractivity contribution is 5.75. The molecule has 0 spiro atoms. The first-order valence-corrected chi connectivity index (χ1v) is 8.93. The molecule has 1 aliphatic heterocycles. The van der Waals surface area contributed by atoms with Crippen molar-refractivity contribution in [3.8, 4) is 11.3 Å². The Morgan fingerprint density at radius 1 is 1.36 bits per heavy atom. The standard InChI is InChI=1S/C18H23FN4O5/c1-3-14(25)22(2)18-17(27)15(16(26)13(9-24)28-18)23-8-12(20-21-23)10-5-4-6-11(19)7-10/h4-8,13,15-18,24,26-27H,3,9H2,1-2H3/t13-,15+,16+,17-,18?/m1/s1. The summed E-state index contributed by atoms with van der Waals surface area (Å²) in [6, 6.07) is 4.75. The van der Waals surface area contributed by atoms with Crippen LogP contribution in [-0.4, -0.2) is 79.3 Å². The molecule has 10 heteroatoms. The van der Waals surface area contributed by atoms with Crippen LogP contribution in [0.25, 0.3) is 11.3 Å². The lowest BCUT2D eigenvalue weighted by Gasteiger charge is -2.45. The Bertz CT molecular complexity index is 832. The molecule has 2 aromatic rings. The van der Waals surface area contributed by atoms with Crippen LogP contribution in [0.3, 0.4) is 0 Å². The summed E-state index contributed by atoms with van der Waals surface area (Å²) in [5, 5.41) is 38.9. The first-order valence-electron chi connectivity index (χ1n) is 8.93. The number of hydrogen-bond donors (Lipinski definition) is 3. The van der Waals surface area contributed by atoms with Crippen LogP contribution in [0.4, 0.5) is 4.39 Å². The minimum Gasteiger partial charge on any atom is -0.394 e. The molecule has 0 bridgehead atoms. The molecule has 5 atom stereocenters. The summed E-state index contributed by atoms with van der Waals surface area (Å²) in [5.74, 6) is -0.701. The van der Waals surface area contributed by atoms with E-state index in [2.05, 4.69) is 10.3 Å². The summed E-state index contributed by atoms with van der Waals surface area (Å²) in [6.07, 6.45) is -3.09. The molecule has 0 saturated carbocycles. The van der Waals surface area contributed by atoms with Gasteiger partial charge in [0.25, 0.3) is 0 Å². The fourth-order valence-corrected chi connectivity index (χ4v) is 3.31. The van der Waals surface area contributed by atoms with E-state index in [-0.39, 0.29) is 12.3 Å². The lowest BCUT2D eigenvalue weighted by atomic mass is 9.95. The van der Waals surface area contributed by atoms with Crippen LogP contribution in [0.5, 0.6) is 0 Å². The second kappa shape index (κ2) is 8.31. The Balaban J connectivity index is 1.93. The first kappa shape index (κ1) is 20.3. The van der Waals surface area contributed by atoms with Gasteiger partial charge in [-0.15, -0.1) is 5.10 Å². The van der Waals surface area contributed by atoms with Gasteiger partial charge in [-0.3, -0.25) is 4.79 Å². The lowest BCUT2D eigenvalue weighted by Crippen LogP contribution is -2.61. The van der Waals surface area contributed by atoms with Crippen molar-refractivity contribution in [1.82, 2.24) is 19.9 Å². The van der Waals surface area contributed by atoms with Crippen LogP contribution in [0, 0.1) is 5.82 Å². The van der Waals surface area contributed by atoms with E-state index in [1.54, 1.807) is 13.0 Å². The van der Waals surface area contributed by atoms with E-state index < -0.39 is 43.0 Å². The molecule has 9 nitrogen and oxygen atoms in total. The van der Waals surface area contributed by atoms with E-state index in [9.17, 15) is 24.5 Å². The Labute approximate surface area is 161 Å². The summed E-state index contributed by atoms with van der Waals surface area (Å²) in [6.45, 7) is 1.16. The zero-order valence-electron chi connectivity index (χ0n) is 15.5. The fraction of sp³-hybridized carbons (Fsp3) is 0.500. The molecule has 152 valence electrons. The molecule has 1 aromatic heterocycles. The van der Waals surface area contributed by atoms with E-state index in [1.165, 1.54) is 41.0 Å². The summed E-state index contributed by atoms with van der Waals surface area (Å²) in [7, 11) is 1.47. The third-order valence-corrected chi connectivity index (χ3v) is 4.88. The maximum absolute atomic E-state index is 13.5. The molecule has 0 aliphatic carbocycles. The average Bonchev–Trinajstić information content (AvgIpc) is 3.17. The monoisotopic (exact) mass is 394 g/mol. The van der Waals surface area contributed by atoms with Gasteiger partial charge in [-0.05, 0) is 12.1 Å². The van der Waals surface area contributed by atoms with Crippen molar-refractivity contribution in [3.05, 3.63) is 36.3 Å². The molecule has 1 aromatic carbocycles. The molecule has 1 aliphatic rings. The van der Waals surface area contributed by atoms with Crippen molar-refractivity contribution in [2.24, 2.45) is 0 Å². The normalized spacial score (nSPS) is 27.6. The second-order valence-corrected chi connectivity index (χ2v) is 6.67. The molecule has 0 radical (unpaired) electrons. The van der Waals surface area contributed by atoms with Crippen LogP contribution < -0.4 is 0 Å². The topological polar surface area (TPSA) is 121 Å². The zero-order valence-corrected chi connectivity index (χ0v) is 15.5. The first-order chi connectivity index (χ1) is 13.4. The quantitative estimate of drug-likeness (QED) is 0.649. The number of halogens is 1.